The van der Waals surface area contributed by atoms with Crippen LogP contribution in [-0.4, -0.2) is 4.57 Å². The maximum atomic E-state index is 2.48. The summed E-state index contributed by atoms with van der Waals surface area (Å²) >= 11 is 0. The molecular weight excluding hydrogens is 749 g/mol. The van der Waals surface area contributed by atoms with Crippen molar-refractivity contribution in [2.45, 2.75) is 0 Å². The Morgan fingerprint density at radius 2 is 0.839 bits per heavy atom. The summed E-state index contributed by atoms with van der Waals surface area (Å²) in [7, 11) is 0. The monoisotopic (exact) mass is 788 g/mol. The Labute approximate surface area is 360 Å². The minimum Gasteiger partial charge on any atom is -0.308 e. The molecule has 290 valence electrons. The molecule has 0 atom stereocenters. The molecule has 0 N–H and O–H groups in total. The fourth-order valence-corrected chi connectivity index (χ4v) is 9.77. The molecule has 2 nitrogen and oxygen atoms in total. The second kappa shape index (κ2) is 14.8. The van der Waals surface area contributed by atoms with Gasteiger partial charge in [0, 0.05) is 27.8 Å². The number of rotatable bonds is 7. The van der Waals surface area contributed by atoms with Crippen molar-refractivity contribution in [1.82, 2.24) is 4.57 Å². The highest BCUT2D eigenvalue weighted by Crippen LogP contribution is 2.49. The highest BCUT2D eigenvalue weighted by Gasteiger charge is 2.24. The first-order valence-electron chi connectivity index (χ1n) is 21.3. The van der Waals surface area contributed by atoms with Gasteiger partial charge in [-0.1, -0.05) is 188 Å². The number of anilines is 3. The fourth-order valence-electron chi connectivity index (χ4n) is 9.77. The first-order chi connectivity index (χ1) is 30.8. The molecule has 1 aromatic heterocycles. The molecule has 0 aliphatic rings. The molecule has 0 fully saturated rings. The Kier molecular flexibility index (Phi) is 8.53. The topological polar surface area (TPSA) is 8.17 Å². The second-order valence-corrected chi connectivity index (χ2v) is 16.1. The zero-order chi connectivity index (χ0) is 41.0. The number of benzene rings is 11. The standard InChI is InChI=1S/C60H40N2/c1-4-19-42(20-5-1)58-53-30-13-12-28-50(53)51-37-36-49(40-55(51)59(58)43-21-6-2-7-22-43)61(48-27-16-24-45(39-48)46-35-34-41-18-10-11-23-44(41)38-46)57-33-17-31-54-52-29-14-15-32-56(52)62(60(54)57)47-25-8-3-9-26-47/h1-40H. The maximum Gasteiger partial charge on any atom is 0.0782 e. The summed E-state index contributed by atoms with van der Waals surface area (Å²) in [5.41, 5.74) is 13.9. The first kappa shape index (κ1) is 35.7. The van der Waals surface area contributed by atoms with Crippen molar-refractivity contribution in [2.75, 3.05) is 4.90 Å². The Balaban J connectivity index is 1.19. The minimum absolute atomic E-state index is 1.08. The molecule has 12 rings (SSSR count). The van der Waals surface area contributed by atoms with Crippen LogP contribution in [0.15, 0.2) is 243 Å². The van der Waals surface area contributed by atoms with E-state index < -0.39 is 0 Å². The van der Waals surface area contributed by atoms with Crippen LogP contribution >= 0.6 is 0 Å². The summed E-state index contributed by atoms with van der Waals surface area (Å²) in [4.78, 5) is 2.48. The number of aromatic nitrogens is 1. The van der Waals surface area contributed by atoms with Gasteiger partial charge in [0.2, 0.25) is 0 Å². The van der Waals surface area contributed by atoms with E-state index in [0.717, 1.165) is 33.8 Å². The van der Waals surface area contributed by atoms with E-state index in [4.69, 9.17) is 0 Å². The average molecular weight is 789 g/mol. The molecule has 2 heteroatoms. The van der Waals surface area contributed by atoms with Crippen LogP contribution in [0.4, 0.5) is 17.1 Å². The third-order valence-electron chi connectivity index (χ3n) is 12.5. The van der Waals surface area contributed by atoms with E-state index in [1.165, 1.54) is 76.4 Å². The Morgan fingerprint density at radius 3 is 1.61 bits per heavy atom. The van der Waals surface area contributed by atoms with Crippen molar-refractivity contribution in [2.24, 2.45) is 0 Å². The van der Waals surface area contributed by atoms with Gasteiger partial charge in [0.25, 0.3) is 0 Å². The third-order valence-corrected chi connectivity index (χ3v) is 12.5. The van der Waals surface area contributed by atoms with Gasteiger partial charge in [0.1, 0.15) is 0 Å². The van der Waals surface area contributed by atoms with Gasteiger partial charge in [0.05, 0.1) is 16.7 Å². The van der Waals surface area contributed by atoms with E-state index >= 15 is 0 Å². The quantitative estimate of drug-likeness (QED) is 0.146. The molecular formula is C60H40N2. The molecule has 0 aliphatic carbocycles. The van der Waals surface area contributed by atoms with Gasteiger partial charge >= 0.3 is 0 Å². The van der Waals surface area contributed by atoms with Crippen LogP contribution < -0.4 is 4.90 Å². The highest BCUT2D eigenvalue weighted by molar-refractivity contribution is 6.22. The summed E-state index contributed by atoms with van der Waals surface area (Å²) < 4.78 is 2.44. The molecule has 0 bridgehead atoms. The highest BCUT2D eigenvalue weighted by atomic mass is 15.2. The molecule has 1 heterocycles. The molecule has 0 amide bonds. The lowest BCUT2D eigenvalue weighted by Crippen LogP contribution is -2.12. The second-order valence-electron chi connectivity index (χ2n) is 16.1. The number of hydrogen-bond donors (Lipinski definition) is 0. The molecule has 62 heavy (non-hydrogen) atoms. The SMILES string of the molecule is c1ccc(-c2c(-c3ccccc3)c3cc(N(c4cccc(-c5ccc6ccccc6c5)c4)c4cccc5c6ccccc6n(-c6ccccc6)c45)ccc3c3ccccc23)cc1. The van der Waals surface area contributed by atoms with E-state index in [9.17, 15) is 0 Å². The van der Waals surface area contributed by atoms with Crippen molar-refractivity contribution in [1.29, 1.82) is 0 Å². The number of nitrogens with zero attached hydrogens (tertiary/aromatic N) is 2. The molecule has 0 radical (unpaired) electrons. The lowest BCUT2D eigenvalue weighted by atomic mass is 9.85. The predicted octanol–water partition coefficient (Wildman–Crippen LogP) is 16.7. The molecule has 11 aromatic carbocycles. The van der Waals surface area contributed by atoms with Gasteiger partial charge in [-0.25, -0.2) is 0 Å². The van der Waals surface area contributed by atoms with Crippen LogP contribution in [-0.2, 0) is 0 Å². The smallest absolute Gasteiger partial charge is 0.0782 e. The zero-order valence-corrected chi connectivity index (χ0v) is 34.0. The van der Waals surface area contributed by atoms with Crippen LogP contribution in [0.3, 0.4) is 0 Å². The third kappa shape index (κ3) is 5.88. The van der Waals surface area contributed by atoms with Crippen molar-refractivity contribution in [3.8, 4) is 39.1 Å². The summed E-state index contributed by atoms with van der Waals surface area (Å²) in [5, 5.41) is 9.82. The molecule has 0 saturated carbocycles. The zero-order valence-electron chi connectivity index (χ0n) is 34.0. The molecule has 0 spiro atoms. The van der Waals surface area contributed by atoms with Gasteiger partial charge in [-0.2, -0.15) is 0 Å². The number of fused-ring (bicyclic) bond motifs is 7. The van der Waals surface area contributed by atoms with Crippen LogP contribution in [0.25, 0.3) is 93.2 Å². The van der Waals surface area contributed by atoms with Crippen LogP contribution in [0.5, 0.6) is 0 Å². The number of para-hydroxylation sites is 3. The molecule has 0 saturated heterocycles. The van der Waals surface area contributed by atoms with E-state index in [1.54, 1.807) is 0 Å². The summed E-state index contributed by atoms with van der Waals surface area (Å²) in [6, 6.07) is 88.7. The molecule has 12 aromatic rings. The van der Waals surface area contributed by atoms with Gasteiger partial charge in [-0.3, -0.25) is 0 Å². The van der Waals surface area contributed by atoms with Crippen molar-refractivity contribution >= 4 is 71.2 Å². The summed E-state index contributed by atoms with van der Waals surface area (Å²) in [6.45, 7) is 0. The first-order valence-corrected chi connectivity index (χ1v) is 21.3. The Morgan fingerprint density at radius 1 is 0.290 bits per heavy atom. The van der Waals surface area contributed by atoms with Crippen molar-refractivity contribution in [3.63, 3.8) is 0 Å². The van der Waals surface area contributed by atoms with Crippen molar-refractivity contribution in [3.05, 3.63) is 243 Å². The normalized spacial score (nSPS) is 11.5. The summed E-state index contributed by atoms with van der Waals surface area (Å²) in [6.07, 6.45) is 0. The van der Waals surface area contributed by atoms with Gasteiger partial charge in [-0.15, -0.1) is 0 Å². The fraction of sp³-hybridized carbons (Fsp3) is 0. The average Bonchev–Trinajstić information content (AvgIpc) is 3.69. The van der Waals surface area contributed by atoms with Gasteiger partial charge in [-0.05, 0) is 120 Å². The molecule has 0 aliphatic heterocycles. The van der Waals surface area contributed by atoms with Gasteiger partial charge < -0.3 is 9.47 Å². The van der Waals surface area contributed by atoms with E-state index in [1.807, 2.05) is 0 Å². The van der Waals surface area contributed by atoms with E-state index in [2.05, 4.69) is 252 Å². The predicted molar refractivity (Wildman–Crippen MR) is 264 cm³/mol. The lowest BCUT2D eigenvalue weighted by molar-refractivity contribution is 1.17. The van der Waals surface area contributed by atoms with E-state index in [0.29, 0.717) is 0 Å². The Bertz CT molecular complexity index is 3620. The number of hydrogen-bond acceptors (Lipinski definition) is 1. The Hall–Kier alpha value is -8.20. The molecule has 0 unspecified atom stereocenters. The van der Waals surface area contributed by atoms with Crippen molar-refractivity contribution < 1.29 is 0 Å². The van der Waals surface area contributed by atoms with Crippen LogP contribution in [0.1, 0.15) is 0 Å². The maximum absolute atomic E-state index is 2.48. The minimum atomic E-state index is 1.08. The lowest BCUT2D eigenvalue weighted by Gasteiger charge is -2.28. The van der Waals surface area contributed by atoms with Gasteiger partial charge in [0.15, 0.2) is 0 Å². The van der Waals surface area contributed by atoms with Crippen LogP contribution in [0.2, 0.25) is 0 Å². The summed E-state index contributed by atoms with van der Waals surface area (Å²) in [5.74, 6) is 0. The largest absolute Gasteiger partial charge is 0.308 e. The van der Waals surface area contributed by atoms with Crippen LogP contribution in [0, 0.1) is 0 Å². The van der Waals surface area contributed by atoms with E-state index in [-0.39, 0.29) is 0 Å².